The van der Waals surface area contributed by atoms with Crippen molar-refractivity contribution in [3.8, 4) is 0 Å². The van der Waals surface area contributed by atoms with Crippen molar-refractivity contribution >= 4 is 15.9 Å². The molecule has 0 radical (unpaired) electrons. The Morgan fingerprint density at radius 3 is 2.60 bits per heavy atom. The molecule has 0 aliphatic carbocycles. The van der Waals surface area contributed by atoms with Gasteiger partial charge in [0.05, 0.1) is 0 Å². The van der Waals surface area contributed by atoms with Crippen LogP contribution < -0.4 is 4.73 Å². The first-order valence-electron chi connectivity index (χ1n) is 2.99. The fourth-order valence-corrected chi connectivity index (χ4v) is 1.14. The van der Waals surface area contributed by atoms with Crippen molar-refractivity contribution in [1.82, 2.24) is 0 Å². The van der Waals surface area contributed by atoms with E-state index in [1.807, 2.05) is 19.9 Å². The standard InChI is InChI=1S/C7H9BrNO/c1-5-4-9(10)6(2)3-7(5)8/h3-4,10H,1-2H3/q+1. The molecule has 0 aliphatic heterocycles. The minimum atomic E-state index is 0.817. The lowest BCUT2D eigenvalue weighted by Crippen LogP contribution is -2.33. The summed E-state index contributed by atoms with van der Waals surface area (Å²) in [5, 5.41) is 9.12. The van der Waals surface area contributed by atoms with Gasteiger partial charge in [0.25, 0.3) is 0 Å². The van der Waals surface area contributed by atoms with Crippen LogP contribution in [-0.2, 0) is 0 Å². The minimum absolute atomic E-state index is 0.817. The summed E-state index contributed by atoms with van der Waals surface area (Å²) < 4.78 is 2.13. The fraction of sp³-hybridized carbons (Fsp3) is 0.286. The number of halogens is 1. The second kappa shape index (κ2) is 2.58. The lowest BCUT2D eigenvalue weighted by atomic mass is 10.3. The van der Waals surface area contributed by atoms with Gasteiger partial charge in [-0.3, -0.25) is 5.21 Å². The monoisotopic (exact) mass is 202 g/mol. The Kier molecular flexibility index (Phi) is 1.94. The molecule has 0 atom stereocenters. The van der Waals surface area contributed by atoms with Gasteiger partial charge in [0.1, 0.15) is 0 Å². The molecule has 1 aromatic rings. The number of aryl methyl sites for hydroxylation is 2. The van der Waals surface area contributed by atoms with Gasteiger partial charge in [0.15, 0.2) is 0 Å². The first-order valence-corrected chi connectivity index (χ1v) is 3.78. The molecular weight excluding hydrogens is 194 g/mol. The molecule has 0 bridgehead atoms. The number of hydrogen-bond acceptors (Lipinski definition) is 1. The third-order valence-corrected chi connectivity index (χ3v) is 2.24. The van der Waals surface area contributed by atoms with Crippen LogP contribution in [0.25, 0.3) is 0 Å². The molecule has 0 fully saturated rings. The molecule has 0 unspecified atom stereocenters. The molecule has 0 aliphatic rings. The normalized spacial score (nSPS) is 9.90. The molecule has 1 rings (SSSR count). The van der Waals surface area contributed by atoms with Crippen molar-refractivity contribution in [2.24, 2.45) is 0 Å². The maximum Gasteiger partial charge on any atom is 0.232 e. The van der Waals surface area contributed by atoms with E-state index in [0.29, 0.717) is 0 Å². The summed E-state index contributed by atoms with van der Waals surface area (Å²) in [6, 6.07) is 1.87. The van der Waals surface area contributed by atoms with Crippen molar-refractivity contribution < 1.29 is 9.94 Å². The highest BCUT2D eigenvalue weighted by Gasteiger charge is 2.06. The van der Waals surface area contributed by atoms with Crippen LogP contribution in [0.2, 0.25) is 0 Å². The lowest BCUT2D eigenvalue weighted by molar-refractivity contribution is -0.909. The molecule has 1 heterocycles. The van der Waals surface area contributed by atoms with Gasteiger partial charge in [-0.1, -0.05) is 15.9 Å². The minimum Gasteiger partial charge on any atom is -0.285 e. The van der Waals surface area contributed by atoms with E-state index in [1.54, 1.807) is 6.20 Å². The van der Waals surface area contributed by atoms with Gasteiger partial charge in [-0.15, -0.1) is 0 Å². The molecule has 2 nitrogen and oxygen atoms in total. The Labute approximate surface area is 68.2 Å². The van der Waals surface area contributed by atoms with E-state index in [0.717, 1.165) is 20.5 Å². The van der Waals surface area contributed by atoms with Crippen molar-refractivity contribution in [2.45, 2.75) is 13.8 Å². The number of rotatable bonds is 0. The largest absolute Gasteiger partial charge is 0.285 e. The summed E-state index contributed by atoms with van der Waals surface area (Å²) >= 11 is 3.36. The second-order valence-electron chi connectivity index (χ2n) is 2.29. The van der Waals surface area contributed by atoms with Crippen LogP contribution in [0.5, 0.6) is 0 Å². The number of hydrogen-bond donors (Lipinski definition) is 1. The summed E-state index contributed by atoms with van der Waals surface area (Å²) in [5.74, 6) is 0. The molecule has 1 aromatic heterocycles. The van der Waals surface area contributed by atoms with Crippen LogP contribution in [0.1, 0.15) is 11.3 Å². The first kappa shape index (κ1) is 7.54. The van der Waals surface area contributed by atoms with Crippen LogP contribution in [0.4, 0.5) is 0 Å². The van der Waals surface area contributed by atoms with Crippen molar-refractivity contribution in [3.63, 3.8) is 0 Å². The fourth-order valence-electron chi connectivity index (χ4n) is 0.710. The van der Waals surface area contributed by atoms with E-state index < -0.39 is 0 Å². The highest BCUT2D eigenvalue weighted by atomic mass is 79.9. The molecule has 0 saturated heterocycles. The second-order valence-corrected chi connectivity index (χ2v) is 3.14. The molecule has 0 amide bonds. The van der Waals surface area contributed by atoms with Crippen LogP contribution in [0, 0.1) is 13.8 Å². The van der Waals surface area contributed by atoms with Gasteiger partial charge in [-0.05, 0) is 6.92 Å². The number of pyridine rings is 1. The van der Waals surface area contributed by atoms with Gasteiger partial charge in [-0.25, -0.2) is 0 Å². The highest BCUT2D eigenvalue weighted by Crippen LogP contribution is 2.13. The summed E-state index contributed by atoms with van der Waals surface area (Å²) in [5.41, 5.74) is 1.84. The Bertz CT molecular complexity index is 210. The molecule has 0 saturated carbocycles. The van der Waals surface area contributed by atoms with Gasteiger partial charge in [0.2, 0.25) is 11.9 Å². The van der Waals surface area contributed by atoms with Gasteiger partial charge < -0.3 is 0 Å². The van der Waals surface area contributed by atoms with Gasteiger partial charge >= 0.3 is 0 Å². The Balaban J connectivity index is 3.28. The zero-order chi connectivity index (χ0) is 7.72. The average Bonchev–Trinajstić information content (AvgIpc) is 1.84. The highest BCUT2D eigenvalue weighted by molar-refractivity contribution is 9.10. The van der Waals surface area contributed by atoms with Crippen LogP contribution in [0.3, 0.4) is 0 Å². The summed E-state index contributed by atoms with van der Waals surface area (Å²) in [7, 11) is 0. The quantitative estimate of drug-likeness (QED) is 0.502. The lowest BCUT2D eigenvalue weighted by Gasteiger charge is -1.94. The SMILES string of the molecule is Cc1c[n+](O)c(C)cc1Br. The van der Waals surface area contributed by atoms with E-state index in [1.165, 1.54) is 0 Å². The maximum absolute atomic E-state index is 9.12. The summed E-state index contributed by atoms with van der Waals surface area (Å²) in [6.07, 6.45) is 1.67. The van der Waals surface area contributed by atoms with Crippen molar-refractivity contribution in [3.05, 3.63) is 28.0 Å². The predicted molar refractivity (Wildman–Crippen MR) is 41.0 cm³/mol. The number of aromatic nitrogens is 1. The molecule has 0 aromatic carbocycles. The zero-order valence-corrected chi connectivity index (χ0v) is 7.51. The van der Waals surface area contributed by atoms with Crippen LogP contribution in [-0.4, -0.2) is 5.21 Å². The Morgan fingerprint density at radius 1 is 1.50 bits per heavy atom. The van der Waals surface area contributed by atoms with E-state index in [9.17, 15) is 0 Å². The summed E-state index contributed by atoms with van der Waals surface area (Å²) in [6.45, 7) is 3.76. The molecule has 3 heteroatoms. The third-order valence-electron chi connectivity index (χ3n) is 1.39. The molecule has 54 valence electrons. The van der Waals surface area contributed by atoms with E-state index >= 15 is 0 Å². The van der Waals surface area contributed by atoms with Crippen LogP contribution in [0.15, 0.2) is 16.7 Å². The molecule has 10 heavy (non-hydrogen) atoms. The van der Waals surface area contributed by atoms with E-state index in [4.69, 9.17) is 5.21 Å². The Hall–Kier alpha value is -0.570. The topological polar surface area (TPSA) is 24.1 Å². The van der Waals surface area contributed by atoms with Crippen LogP contribution >= 0.6 is 15.9 Å². The maximum atomic E-state index is 9.12. The van der Waals surface area contributed by atoms with E-state index in [2.05, 4.69) is 15.9 Å². The van der Waals surface area contributed by atoms with Crippen molar-refractivity contribution in [2.75, 3.05) is 0 Å². The van der Waals surface area contributed by atoms with Gasteiger partial charge in [-0.2, -0.15) is 0 Å². The van der Waals surface area contributed by atoms with Gasteiger partial charge in [0, 0.05) is 27.8 Å². The molecule has 1 N–H and O–H groups in total. The smallest absolute Gasteiger partial charge is 0.232 e. The molecular formula is C7H9BrNO+. The first-order chi connectivity index (χ1) is 4.61. The van der Waals surface area contributed by atoms with Crippen molar-refractivity contribution in [1.29, 1.82) is 0 Å². The number of nitrogens with zero attached hydrogens (tertiary/aromatic N) is 1. The summed E-state index contributed by atoms with van der Waals surface area (Å²) in [4.78, 5) is 0. The molecule has 0 spiro atoms. The predicted octanol–water partition coefficient (Wildman–Crippen LogP) is 1.59. The zero-order valence-electron chi connectivity index (χ0n) is 5.93. The van der Waals surface area contributed by atoms with E-state index in [-0.39, 0.29) is 0 Å². The third kappa shape index (κ3) is 1.29. The average molecular weight is 203 g/mol. The Morgan fingerprint density at radius 2 is 2.10 bits per heavy atom.